The summed E-state index contributed by atoms with van der Waals surface area (Å²) >= 11 is 0. The van der Waals surface area contributed by atoms with Crippen LogP contribution in [-0.4, -0.2) is 24.1 Å². The Bertz CT molecular complexity index is 494. The quantitative estimate of drug-likeness (QED) is 0.521. The number of ether oxygens (including phenoxy) is 2. The Balaban J connectivity index is 1.73. The van der Waals surface area contributed by atoms with E-state index in [0.717, 1.165) is 31.1 Å². The van der Waals surface area contributed by atoms with E-state index in [-0.39, 0.29) is 23.8 Å². The van der Waals surface area contributed by atoms with Gasteiger partial charge in [-0.3, -0.25) is 4.79 Å². The minimum absolute atomic E-state index is 0.0708. The maximum absolute atomic E-state index is 12.6. The van der Waals surface area contributed by atoms with E-state index < -0.39 is 5.97 Å². The lowest BCUT2D eigenvalue weighted by molar-refractivity contribution is -0.209. The van der Waals surface area contributed by atoms with Crippen molar-refractivity contribution in [1.29, 1.82) is 0 Å². The molecule has 0 aromatic carbocycles. The maximum atomic E-state index is 12.6. The van der Waals surface area contributed by atoms with Gasteiger partial charge in [0, 0.05) is 6.92 Å². The number of hydrogen-bond acceptors (Lipinski definition) is 4. The predicted molar refractivity (Wildman–Crippen MR) is 91.2 cm³/mol. The highest BCUT2D eigenvalue weighted by Crippen LogP contribution is 2.61. The topological polar surface area (TPSA) is 52.6 Å². The number of carbonyl (C=O) groups is 2. The summed E-state index contributed by atoms with van der Waals surface area (Å²) < 4.78 is 11.1. The van der Waals surface area contributed by atoms with Crippen molar-refractivity contribution in [3.8, 4) is 0 Å². The van der Waals surface area contributed by atoms with Crippen LogP contribution >= 0.6 is 0 Å². The average molecular weight is 334 g/mol. The van der Waals surface area contributed by atoms with Crippen LogP contribution < -0.4 is 0 Å². The van der Waals surface area contributed by atoms with Crippen LogP contribution in [0.3, 0.4) is 0 Å². The molecule has 0 aromatic rings. The molecule has 4 aliphatic carbocycles. The molecule has 0 aromatic heterocycles. The summed E-state index contributed by atoms with van der Waals surface area (Å²) in [7, 11) is 0. The van der Waals surface area contributed by atoms with Crippen molar-refractivity contribution in [2.75, 3.05) is 6.61 Å². The Morgan fingerprint density at radius 1 is 1.08 bits per heavy atom. The van der Waals surface area contributed by atoms with Gasteiger partial charge in [-0.25, -0.2) is 4.79 Å². The highest BCUT2D eigenvalue weighted by atomic mass is 16.6. The summed E-state index contributed by atoms with van der Waals surface area (Å²) in [6, 6.07) is 0. The van der Waals surface area contributed by atoms with E-state index in [1.54, 1.807) is 0 Å². The molecule has 4 aliphatic rings. The van der Waals surface area contributed by atoms with Crippen LogP contribution in [0, 0.1) is 23.7 Å². The first-order valence-corrected chi connectivity index (χ1v) is 9.49. The van der Waals surface area contributed by atoms with Gasteiger partial charge in [-0.15, -0.1) is 0 Å². The van der Waals surface area contributed by atoms with E-state index in [4.69, 9.17) is 9.47 Å². The fourth-order valence-electron chi connectivity index (χ4n) is 5.55. The van der Waals surface area contributed by atoms with Gasteiger partial charge in [-0.05, 0) is 68.6 Å². The number of esters is 2. The van der Waals surface area contributed by atoms with Crippen LogP contribution in [0.2, 0.25) is 0 Å². The van der Waals surface area contributed by atoms with E-state index >= 15 is 0 Å². The summed E-state index contributed by atoms with van der Waals surface area (Å²) in [6.07, 6.45) is 9.38. The van der Waals surface area contributed by atoms with Crippen LogP contribution in [0.15, 0.2) is 12.2 Å². The molecule has 4 rings (SSSR count). The maximum Gasteiger partial charge on any atom is 0.337 e. The largest absolute Gasteiger partial charge is 0.461 e. The standard InChI is InChI=1S/C20H30O4/c1-4-5-6-20(24-19(22)13(2)12-23-14(3)21)17-8-15-7-16(10-17)11-18(20)9-15/h15-18H,2,4-12H2,1,3H3. The molecule has 0 N–H and O–H groups in total. The molecule has 24 heavy (non-hydrogen) atoms. The van der Waals surface area contributed by atoms with E-state index in [2.05, 4.69) is 13.5 Å². The van der Waals surface area contributed by atoms with E-state index in [1.165, 1.54) is 39.0 Å². The third-order valence-electron chi connectivity index (χ3n) is 6.46. The highest BCUT2D eigenvalue weighted by molar-refractivity contribution is 5.88. The molecule has 0 heterocycles. The molecule has 4 fully saturated rings. The molecule has 0 atom stereocenters. The monoisotopic (exact) mass is 334 g/mol. The summed E-state index contributed by atoms with van der Waals surface area (Å²) in [5, 5.41) is 0. The zero-order valence-electron chi connectivity index (χ0n) is 15.0. The number of carbonyl (C=O) groups excluding carboxylic acids is 2. The van der Waals surface area contributed by atoms with Gasteiger partial charge in [0.25, 0.3) is 0 Å². The molecule has 0 unspecified atom stereocenters. The zero-order chi connectivity index (χ0) is 17.3. The molecule has 134 valence electrons. The smallest absolute Gasteiger partial charge is 0.337 e. The molecule has 0 radical (unpaired) electrons. The van der Waals surface area contributed by atoms with E-state index in [1.807, 2.05) is 0 Å². The minimum Gasteiger partial charge on any atom is -0.461 e. The highest BCUT2D eigenvalue weighted by Gasteiger charge is 2.59. The molecule has 0 aliphatic heterocycles. The molecular formula is C20H30O4. The van der Waals surface area contributed by atoms with Gasteiger partial charge in [-0.2, -0.15) is 0 Å². The first kappa shape index (κ1) is 17.5. The Morgan fingerprint density at radius 3 is 2.17 bits per heavy atom. The van der Waals surface area contributed by atoms with E-state index in [9.17, 15) is 9.59 Å². The number of hydrogen-bond donors (Lipinski definition) is 0. The van der Waals surface area contributed by atoms with Crippen molar-refractivity contribution < 1.29 is 19.1 Å². The summed E-state index contributed by atoms with van der Waals surface area (Å²) in [6.45, 7) is 7.22. The second-order valence-corrected chi connectivity index (χ2v) is 8.14. The molecule has 0 spiro atoms. The van der Waals surface area contributed by atoms with Gasteiger partial charge in [0.05, 0.1) is 5.57 Å². The lowest BCUT2D eigenvalue weighted by Gasteiger charge is -2.60. The minimum atomic E-state index is -0.403. The summed E-state index contributed by atoms with van der Waals surface area (Å²) in [4.78, 5) is 23.6. The van der Waals surface area contributed by atoms with Crippen LogP contribution in [-0.2, 0) is 19.1 Å². The zero-order valence-corrected chi connectivity index (χ0v) is 15.0. The van der Waals surface area contributed by atoms with Crippen molar-refractivity contribution >= 4 is 11.9 Å². The predicted octanol–water partition coefficient (Wildman–Crippen LogP) is 4.03. The third kappa shape index (κ3) is 3.25. The summed E-state index contributed by atoms with van der Waals surface area (Å²) in [5.74, 6) is 1.91. The van der Waals surface area contributed by atoms with Gasteiger partial charge >= 0.3 is 11.9 Å². The van der Waals surface area contributed by atoms with Crippen LogP contribution in [0.1, 0.15) is 65.2 Å². The molecule has 4 saturated carbocycles. The van der Waals surface area contributed by atoms with Crippen molar-refractivity contribution in [3.05, 3.63) is 12.2 Å². The number of rotatable bonds is 7. The van der Waals surface area contributed by atoms with Gasteiger partial charge in [0.2, 0.25) is 0 Å². The second-order valence-electron chi connectivity index (χ2n) is 8.14. The fraction of sp³-hybridized carbons (Fsp3) is 0.800. The molecule has 0 saturated heterocycles. The third-order valence-corrected chi connectivity index (χ3v) is 6.46. The normalized spacial score (nSPS) is 36.4. The van der Waals surface area contributed by atoms with Gasteiger partial charge < -0.3 is 9.47 Å². The second kappa shape index (κ2) is 6.89. The molecule has 0 amide bonds. The first-order chi connectivity index (χ1) is 11.4. The Hall–Kier alpha value is -1.32. The summed E-state index contributed by atoms with van der Waals surface area (Å²) in [5.41, 5.74) is -0.0606. The van der Waals surface area contributed by atoms with Crippen molar-refractivity contribution in [2.45, 2.75) is 70.8 Å². The lowest BCUT2D eigenvalue weighted by atomic mass is 9.49. The van der Waals surface area contributed by atoms with Crippen LogP contribution in [0.25, 0.3) is 0 Å². The fourth-order valence-corrected chi connectivity index (χ4v) is 5.55. The van der Waals surface area contributed by atoms with Crippen molar-refractivity contribution in [2.24, 2.45) is 23.7 Å². The van der Waals surface area contributed by atoms with Crippen LogP contribution in [0.4, 0.5) is 0 Å². The van der Waals surface area contributed by atoms with Crippen molar-refractivity contribution in [3.63, 3.8) is 0 Å². The SMILES string of the molecule is C=C(COC(C)=O)C(=O)OC1(CCCC)C2CC3CC(C2)CC1C3. The molecular weight excluding hydrogens is 304 g/mol. The Labute approximate surface area is 145 Å². The molecule has 4 nitrogen and oxygen atoms in total. The van der Waals surface area contributed by atoms with Gasteiger partial charge in [-0.1, -0.05) is 19.9 Å². The first-order valence-electron chi connectivity index (χ1n) is 9.49. The average Bonchev–Trinajstić information content (AvgIpc) is 2.54. The molecule has 4 heteroatoms. The van der Waals surface area contributed by atoms with E-state index in [0.29, 0.717) is 11.8 Å². The van der Waals surface area contributed by atoms with Crippen molar-refractivity contribution in [1.82, 2.24) is 0 Å². The Morgan fingerprint density at radius 2 is 1.67 bits per heavy atom. The lowest BCUT2D eigenvalue weighted by Crippen LogP contribution is -2.59. The molecule has 4 bridgehead atoms. The van der Waals surface area contributed by atoms with Gasteiger partial charge in [0.15, 0.2) is 0 Å². The van der Waals surface area contributed by atoms with Gasteiger partial charge in [0.1, 0.15) is 12.2 Å². The Kier molecular flexibility index (Phi) is 5.03. The van der Waals surface area contributed by atoms with Crippen LogP contribution in [0.5, 0.6) is 0 Å². The number of unbranched alkanes of at least 4 members (excludes halogenated alkanes) is 1.